The van der Waals surface area contributed by atoms with E-state index in [1.807, 2.05) is 6.07 Å². The summed E-state index contributed by atoms with van der Waals surface area (Å²) in [6.45, 7) is 0. The van der Waals surface area contributed by atoms with E-state index < -0.39 is 0 Å². The van der Waals surface area contributed by atoms with Crippen LogP contribution in [0.25, 0.3) is 10.8 Å². The highest BCUT2D eigenvalue weighted by molar-refractivity contribution is 5.81. The lowest BCUT2D eigenvalue weighted by atomic mass is 10.1. The second-order valence-electron chi connectivity index (χ2n) is 4.34. The van der Waals surface area contributed by atoms with E-state index in [-0.39, 0.29) is 0 Å². The van der Waals surface area contributed by atoms with Gasteiger partial charge in [0.15, 0.2) is 0 Å². The Labute approximate surface area is 129 Å². The van der Waals surface area contributed by atoms with E-state index in [0.29, 0.717) is 5.75 Å². The maximum absolute atomic E-state index is 8.63. The second kappa shape index (κ2) is 8.92. The molecule has 0 radical (unpaired) electrons. The Morgan fingerprint density at radius 3 is 1.27 bits per heavy atom. The van der Waals surface area contributed by atoms with Crippen molar-refractivity contribution >= 4 is 10.8 Å². The van der Waals surface area contributed by atoms with Crippen LogP contribution in [0.5, 0.6) is 5.75 Å². The minimum Gasteiger partial charge on any atom is -0.508 e. The minimum atomic E-state index is 0.322. The molecule has 0 aliphatic heterocycles. The van der Waals surface area contributed by atoms with Crippen LogP contribution in [0.1, 0.15) is 0 Å². The molecule has 0 aliphatic carbocycles. The lowest BCUT2D eigenvalue weighted by Crippen LogP contribution is -1.67. The highest BCUT2D eigenvalue weighted by atomic mass is 16.3. The molecule has 4 nitrogen and oxygen atoms in total. The van der Waals surface area contributed by atoms with Gasteiger partial charge in [-0.15, -0.1) is 0 Å². The van der Waals surface area contributed by atoms with Crippen molar-refractivity contribution in [3.05, 3.63) is 91.3 Å². The molecule has 3 aromatic carbocycles. The quantitative estimate of drug-likeness (QED) is 0.514. The molecule has 0 saturated heterocycles. The fourth-order valence-electron chi connectivity index (χ4n) is 1.73. The van der Waals surface area contributed by atoms with Crippen LogP contribution in [0.15, 0.2) is 91.3 Å². The van der Waals surface area contributed by atoms with Gasteiger partial charge in [0.2, 0.25) is 0 Å². The van der Waals surface area contributed by atoms with Crippen molar-refractivity contribution in [2.24, 2.45) is 0 Å². The van der Waals surface area contributed by atoms with E-state index >= 15 is 0 Å². The molecular formula is C18H17N3O. The van der Waals surface area contributed by atoms with Crippen molar-refractivity contribution in [2.75, 3.05) is 0 Å². The van der Waals surface area contributed by atoms with Gasteiger partial charge in [0, 0.05) is 0 Å². The number of nitrogens with one attached hydrogen (secondary N) is 1. The molecule has 1 aromatic heterocycles. The first kappa shape index (κ1) is 15.3. The van der Waals surface area contributed by atoms with Gasteiger partial charge in [-0.1, -0.05) is 66.7 Å². The zero-order valence-electron chi connectivity index (χ0n) is 12.0. The number of H-pyrrole nitrogens is 1. The average Bonchev–Trinajstić information content (AvgIpc) is 3.16. The van der Waals surface area contributed by atoms with Crippen LogP contribution >= 0.6 is 0 Å². The number of benzene rings is 3. The van der Waals surface area contributed by atoms with Crippen LogP contribution in [0, 0.1) is 0 Å². The Hall–Kier alpha value is -3.14. The second-order valence-corrected chi connectivity index (χ2v) is 4.34. The van der Waals surface area contributed by atoms with Gasteiger partial charge in [-0.3, -0.25) is 0 Å². The molecule has 0 unspecified atom stereocenters. The first-order chi connectivity index (χ1) is 10.9. The SMILES string of the molecule is Oc1ccccc1.c1ccc2ccccc2c1.c1cn[nH]n1. The third-order valence-corrected chi connectivity index (χ3v) is 2.75. The summed E-state index contributed by atoms with van der Waals surface area (Å²) >= 11 is 0. The molecule has 1 heterocycles. The predicted octanol–water partition coefficient (Wildman–Crippen LogP) is 4.04. The van der Waals surface area contributed by atoms with Gasteiger partial charge in [-0.2, -0.15) is 15.4 Å². The molecule has 0 aliphatic rings. The van der Waals surface area contributed by atoms with Crippen LogP contribution in [-0.4, -0.2) is 20.5 Å². The van der Waals surface area contributed by atoms with Crippen molar-refractivity contribution in [3.8, 4) is 5.75 Å². The van der Waals surface area contributed by atoms with Crippen molar-refractivity contribution < 1.29 is 5.11 Å². The van der Waals surface area contributed by atoms with E-state index in [2.05, 4.69) is 63.9 Å². The van der Waals surface area contributed by atoms with Gasteiger partial charge in [0.25, 0.3) is 0 Å². The summed E-state index contributed by atoms with van der Waals surface area (Å²) in [7, 11) is 0. The van der Waals surface area contributed by atoms with E-state index in [1.54, 1.807) is 36.7 Å². The minimum absolute atomic E-state index is 0.322. The molecule has 4 rings (SSSR count). The Morgan fingerprint density at radius 1 is 0.591 bits per heavy atom. The van der Waals surface area contributed by atoms with Crippen LogP contribution in [0.4, 0.5) is 0 Å². The smallest absolute Gasteiger partial charge is 0.115 e. The standard InChI is InChI=1S/C10H8.C6H6O.C2H3N3/c1-2-6-10-8-4-3-7-9(10)5-1;7-6-4-2-1-3-5-6;1-2-4-5-3-1/h1-8H;1-5,7H;1-2H,(H,3,4,5). The summed E-state index contributed by atoms with van der Waals surface area (Å²) < 4.78 is 0. The van der Waals surface area contributed by atoms with Crippen LogP contribution in [-0.2, 0) is 0 Å². The lowest BCUT2D eigenvalue weighted by Gasteiger charge is -1.92. The lowest BCUT2D eigenvalue weighted by molar-refractivity contribution is 0.475. The Kier molecular flexibility index (Phi) is 6.18. The number of aromatic amines is 1. The van der Waals surface area contributed by atoms with Gasteiger partial charge in [-0.05, 0) is 22.9 Å². The summed E-state index contributed by atoms with van der Waals surface area (Å²) in [5.74, 6) is 0.322. The summed E-state index contributed by atoms with van der Waals surface area (Å²) in [6, 6.07) is 25.4. The number of fused-ring (bicyclic) bond motifs is 1. The zero-order valence-corrected chi connectivity index (χ0v) is 12.0. The van der Waals surface area contributed by atoms with Crippen molar-refractivity contribution in [1.82, 2.24) is 15.4 Å². The fourth-order valence-corrected chi connectivity index (χ4v) is 1.73. The van der Waals surface area contributed by atoms with E-state index in [0.717, 1.165) is 0 Å². The number of phenolic OH excluding ortho intramolecular Hbond substituents is 1. The number of hydrogen-bond donors (Lipinski definition) is 2. The average molecular weight is 291 g/mol. The number of nitrogens with zero attached hydrogens (tertiary/aromatic N) is 2. The van der Waals surface area contributed by atoms with E-state index in [9.17, 15) is 0 Å². The number of rotatable bonds is 0. The molecule has 2 N–H and O–H groups in total. The molecule has 4 aromatic rings. The number of para-hydroxylation sites is 1. The summed E-state index contributed by atoms with van der Waals surface area (Å²) in [4.78, 5) is 0. The molecule has 0 amide bonds. The van der Waals surface area contributed by atoms with Gasteiger partial charge in [0.05, 0.1) is 12.4 Å². The van der Waals surface area contributed by atoms with Crippen molar-refractivity contribution in [3.63, 3.8) is 0 Å². The zero-order chi connectivity index (χ0) is 15.5. The van der Waals surface area contributed by atoms with Crippen molar-refractivity contribution in [1.29, 1.82) is 0 Å². The maximum atomic E-state index is 8.63. The number of aromatic hydroxyl groups is 1. The molecule has 0 saturated carbocycles. The molecule has 0 atom stereocenters. The molecule has 0 bridgehead atoms. The Balaban J connectivity index is 0.000000129. The summed E-state index contributed by atoms with van der Waals surface area (Å²) in [5.41, 5.74) is 0. The van der Waals surface area contributed by atoms with Gasteiger partial charge >= 0.3 is 0 Å². The summed E-state index contributed by atoms with van der Waals surface area (Å²) in [5, 5.41) is 20.6. The first-order valence-corrected chi connectivity index (χ1v) is 6.84. The van der Waals surface area contributed by atoms with Gasteiger partial charge in [0.1, 0.15) is 5.75 Å². The molecule has 110 valence electrons. The molecule has 22 heavy (non-hydrogen) atoms. The van der Waals surface area contributed by atoms with Crippen LogP contribution in [0.3, 0.4) is 0 Å². The van der Waals surface area contributed by atoms with E-state index in [4.69, 9.17) is 5.11 Å². The molecule has 0 fully saturated rings. The van der Waals surface area contributed by atoms with E-state index in [1.165, 1.54) is 10.8 Å². The number of hydrogen-bond acceptors (Lipinski definition) is 3. The first-order valence-electron chi connectivity index (χ1n) is 6.84. The largest absolute Gasteiger partial charge is 0.508 e. The Bertz CT molecular complexity index is 673. The highest BCUT2D eigenvalue weighted by Crippen LogP contribution is 2.11. The monoisotopic (exact) mass is 291 g/mol. The van der Waals surface area contributed by atoms with Crippen molar-refractivity contribution in [2.45, 2.75) is 0 Å². The topological polar surface area (TPSA) is 61.8 Å². The van der Waals surface area contributed by atoms with Crippen LogP contribution in [0.2, 0.25) is 0 Å². The predicted molar refractivity (Wildman–Crippen MR) is 88.4 cm³/mol. The number of phenols is 1. The maximum Gasteiger partial charge on any atom is 0.115 e. The van der Waals surface area contributed by atoms with Gasteiger partial charge in [-0.25, -0.2) is 0 Å². The summed E-state index contributed by atoms with van der Waals surface area (Å²) in [6.07, 6.45) is 3.17. The fraction of sp³-hybridized carbons (Fsp3) is 0. The molecular weight excluding hydrogens is 274 g/mol. The van der Waals surface area contributed by atoms with Crippen LogP contribution < -0.4 is 0 Å². The highest BCUT2D eigenvalue weighted by Gasteiger charge is 1.85. The molecule has 0 spiro atoms. The number of aromatic nitrogens is 3. The normalized spacial score (nSPS) is 9.09. The molecule has 4 heteroatoms. The third-order valence-electron chi connectivity index (χ3n) is 2.75. The third kappa shape index (κ3) is 5.46. The van der Waals surface area contributed by atoms with Gasteiger partial charge < -0.3 is 5.11 Å². The Morgan fingerprint density at radius 2 is 1.00 bits per heavy atom.